The molecule has 112 valence electrons. The summed E-state index contributed by atoms with van der Waals surface area (Å²) in [6, 6.07) is 12.3. The van der Waals surface area contributed by atoms with E-state index in [1.54, 1.807) is 14.2 Å². The van der Waals surface area contributed by atoms with Gasteiger partial charge in [0.25, 0.3) is 0 Å². The van der Waals surface area contributed by atoms with Crippen LogP contribution >= 0.6 is 15.9 Å². The molecule has 1 unspecified atom stereocenters. The summed E-state index contributed by atoms with van der Waals surface area (Å²) < 4.78 is 11.7. The lowest BCUT2D eigenvalue weighted by molar-refractivity contribution is 0.354. The normalized spacial score (nSPS) is 11.9. The highest BCUT2D eigenvalue weighted by atomic mass is 79.9. The Morgan fingerprint density at radius 3 is 2.43 bits per heavy atom. The molecule has 0 amide bonds. The number of ether oxygens (including phenoxy) is 2. The van der Waals surface area contributed by atoms with Crippen LogP contribution in [0.15, 0.2) is 40.9 Å². The van der Waals surface area contributed by atoms with Crippen LogP contribution in [-0.2, 0) is 0 Å². The third kappa shape index (κ3) is 3.50. The minimum absolute atomic E-state index is 0.155. The van der Waals surface area contributed by atoms with Gasteiger partial charge in [-0.3, -0.25) is 0 Å². The van der Waals surface area contributed by atoms with Gasteiger partial charge in [0.05, 0.1) is 14.2 Å². The number of anilines is 1. The topological polar surface area (TPSA) is 30.5 Å². The second kappa shape index (κ2) is 6.85. The van der Waals surface area contributed by atoms with Crippen molar-refractivity contribution < 1.29 is 9.47 Å². The van der Waals surface area contributed by atoms with Crippen molar-refractivity contribution in [1.29, 1.82) is 0 Å². The van der Waals surface area contributed by atoms with Crippen LogP contribution in [0.4, 0.5) is 5.69 Å². The predicted molar refractivity (Wildman–Crippen MR) is 90.5 cm³/mol. The Hall–Kier alpha value is -1.68. The molecule has 2 rings (SSSR count). The number of methoxy groups -OCH3 is 2. The molecule has 0 aliphatic heterocycles. The zero-order valence-electron chi connectivity index (χ0n) is 12.7. The Bertz CT molecular complexity index is 628. The Balaban J connectivity index is 2.24. The highest BCUT2D eigenvalue weighted by molar-refractivity contribution is 9.10. The van der Waals surface area contributed by atoms with Gasteiger partial charge in [-0.15, -0.1) is 0 Å². The van der Waals surface area contributed by atoms with E-state index in [4.69, 9.17) is 9.47 Å². The smallest absolute Gasteiger partial charge is 0.161 e. The second-order valence-electron chi connectivity index (χ2n) is 4.92. The quantitative estimate of drug-likeness (QED) is 0.828. The molecule has 2 aromatic carbocycles. The molecule has 0 heterocycles. The van der Waals surface area contributed by atoms with Crippen molar-refractivity contribution in [2.75, 3.05) is 19.5 Å². The molecule has 0 saturated carbocycles. The molecule has 4 heteroatoms. The number of halogens is 1. The van der Waals surface area contributed by atoms with Gasteiger partial charge in [0.15, 0.2) is 11.5 Å². The molecule has 0 fully saturated rings. The molecular formula is C17H20BrNO2. The number of hydrogen-bond donors (Lipinski definition) is 1. The molecule has 1 atom stereocenters. The van der Waals surface area contributed by atoms with Crippen molar-refractivity contribution in [1.82, 2.24) is 0 Å². The van der Waals surface area contributed by atoms with Crippen molar-refractivity contribution in [3.8, 4) is 11.5 Å². The maximum absolute atomic E-state index is 5.36. The molecule has 0 aromatic heterocycles. The molecule has 0 aliphatic rings. The molecule has 21 heavy (non-hydrogen) atoms. The average molecular weight is 350 g/mol. The molecule has 0 aliphatic carbocycles. The van der Waals surface area contributed by atoms with E-state index in [2.05, 4.69) is 47.2 Å². The lowest BCUT2D eigenvalue weighted by Gasteiger charge is -2.19. The van der Waals surface area contributed by atoms with Crippen LogP contribution in [0.1, 0.15) is 24.1 Å². The van der Waals surface area contributed by atoms with Crippen LogP contribution in [0.5, 0.6) is 11.5 Å². The van der Waals surface area contributed by atoms with Gasteiger partial charge in [0.2, 0.25) is 0 Å². The maximum Gasteiger partial charge on any atom is 0.161 e. The van der Waals surface area contributed by atoms with Crippen LogP contribution < -0.4 is 14.8 Å². The van der Waals surface area contributed by atoms with Crippen LogP contribution in [0.3, 0.4) is 0 Å². The maximum atomic E-state index is 5.36. The summed E-state index contributed by atoms with van der Waals surface area (Å²) in [7, 11) is 3.29. The minimum atomic E-state index is 0.155. The standard InChI is InChI=1S/C17H20BrNO2/c1-11-6-5-7-14(17(11)18)19-12(2)13-8-9-15(20-3)16(10-13)21-4/h5-10,12,19H,1-4H3. The first kappa shape index (κ1) is 15.7. The number of rotatable bonds is 5. The largest absolute Gasteiger partial charge is 0.493 e. The zero-order chi connectivity index (χ0) is 15.4. The summed E-state index contributed by atoms with van der Waals surface area (Å²) in [5, 5.41) is 3.51. The SMILES string of the molecule is COc1ccc(C(C)Nc2cccc(C)c2Br)cc1OC. The lowest BCUT2D eigenvalue weighted by Crippen LogP contribution is -2.07. The van der Waals surface area contributed by atoms with E-state index >= 15 is 0 Å². The third-order valence-electron chi connectivity index (χ3n) is 3.47. The first-order valence-corrected chi connectivity index (χ1v) is 7.59. The second-order valence-corrected chi connectivity index (χ2v) is 5.71. The Labute approximate surface area is 134 Å². The van der Waals surface area contributed by atoms with Gasteiger partial charge in [-0.2, -0.15) is 0 Å². The molecule has 0 bridgehead atoms. The van der Waals surface area contributed by atoms with Gasteiger partial charge in [0, 0.05) is 16.2 Å². The molecular weight excluding hydrogens is 330 g/mol. The fourth-order valence-corrected chi connectivity index (χ4v) is 2.58. The summed E-state index contributed by atoms with van der Waals surface area (Å²) in [5.74, 6) is 1.48. The molecule has 0 saturated heterocycles. The van der Waals surface area contributed by atoms with E-state index < -0.39 is 0 Å². The van der Waals surface area contributed by atoms with E-state index in [9.17, 15) is 0 Å². The Kier molecular flexibility index (Phi) is 5.12. The number of hydrogen-bond acceptors (Lipinski definition) is 3. The van der Waals surface area contributed by atoms with Gasteiger partial charge < -0.3 is 14.8 Å². The van der Waals surface area contributed by atoms with Crippen LogP contribution in [0.25, 0.3) is 0 Å². The number of aryl methyl sites for hydroxylation is 1. The van der Waals surface area contributed by atoms with E-state index in [1.165, 1.54) is 5.56 Å². The van der Waals surface area contributed by atoms with Crippen LogP contribution in [0.2, 0.25) is 0 Å². The Morgan fingerprint density at radius 1 is 1.05 bits per heavy atom. The van der Waals surface area contributed by atoms with E-state index in [0.29, 0.717) is 0 Å². The monoisotopic (exact) mass is 349 g/mol. The van der Waals surface area contributed by atoms with Gasteiger partial charge in [0.1, 0.15) is 0 Å². The average Bonchev–Trinajstić information content (AvgIpc) is 2.51. The lowest BCUT2D eigenvalue weighted by atomic mass is 10.1. The fraction of sp³-hybridized carbons (Fsp3) is 0.294. The molecule has 3 nitrogen and oxygen atoms in total. The first-order valence-electron chi connectivity index (χ1n) is 6.80. The summed E-state index contributed by atoms with van der Waals surface area (Å²) in [5.41, 5.74) is 3.43. The van der Waals surface area contributed by atoms with E-state index in [1.807, 2.05) is 24.3 Å². The minimum Gasteiger partial charge on any atom is -0.493 e. The predicted octanol–water partition coefficient (Wildman–Crippen LogP) is 4.95. The van der Waals surface area contributed by atoms with Crippen molar-refractivity contribution in [2.24, 2.45) is 0 Å². The first-order chi connectivity index (χ1) is 10.1. The molecule has 0 radical (unpaired) electrons. The van der Waals surface area contributed by atoms with E-state index in [-0.39, 0.29) is 6.04 Å². The highest BCUT2D eigenvalue weighted by Gasteiger charge is 2.11. The van der Waals surface area contributed by atoms with E-state index in [0.717, 1.165) is 27.2 Å². The van der Waals surface area contributed by atoms with Crippen molar-refractivity contribution in [3.63, 3.8) is 0 Å². The summed E-state index contributed by atoms with van der Waals surface area (Å²) in [6.07, 6.45) is 0. The number of nitrogens with one attached hydrogen (secondary N) is 1. The van der Waals surface area contributed by atoms with Crippen LogP contribution in [-0.4, -0.2) is 14.2 Å². The third-order valence-corrected chi connectivity index (χ3v) is 4.52. The highest BCUT2D eigenvalue weighted by Crippen LogP contribution is 2.33. The molecule has 1 N–H and O–H groups in total. The fourth-order valence-electron chi connectivity index (χ4n) is 2.20. The zero-order valence-corrected chi connectivity index (χ0v) is 14.3. The Morgan fingerprint density at radius 2 is 1.76 bits per heavy atom. The molecule has 2 aromatic rings. The van der Waals surface area contributed by atoms with Crippen molar-refractivity contribution in [2.45, 2.75) is 19.9 Å². The molecule has 0 spiro atoms. The summed E-state index contributed by atoms with van der Waals surface area (Å²) in [4.78, 5) is 0. The number of benzene rings is 2. The van der Waals surface area contributed by atoms with Gasteiger partial charge in [-0.1, -0.05) is 18.2 Å². The van der Waals surface area contributed by atoms with Gasteiger partial charge >= 0.3 is 0 Å². The van der Waals surface area contributed by atoms with Gasteiger partial charge in [-0.25, -0.2) is 0 Å². The van der Waals surface area contributed by atoms with Gasteiger partial charge in [-0.05, 0) is 59.1 Å². The van der Waals surface area contributed by atoms with Crippen molar-refractivity contribution >= 4 is 21.6 Å². The summed E-state index contributed by atoms with van der Waals surface area (Å²) >= 11 is 3.62. The van der Waals surface area contributed by atoms with Crippen molar-refractivity contribution in [3.05, 3.63) is 52.0 Å². The van der Waals surface area contributed by atoms with Crippen LogP contribution in [0, 0.1) is 6.92 Å². The summed E-state index contributed by atoms with van der Waals surface area (Å²) in [6.45, 7) is 4.20.